The molecule has 0 saturated heterocycles. The normalized spacial score (nSPS) is 13.0. The van der Waals surface area contributed by atoms with Gasteiger partial charge in [-0.2, -0.15) is 0 Å². The molecule has 28 heavy (non-hydrogen) atoms. The molecule has 4 aromatic carbocycles. The van der Waals surface area contributed by atoms with E-state index in [9.17, 15) is 0 Å². The molecule has 4 aromatic rings. The van der Waals surface area contributed by atoms with Crippen molar-refractivity contribution < 1.29 is 0 Å². The van der Waals surface area contributed by atoms with E-state index >= 15 is 0 Å². The van der Waals surface area contributed by atoms with Gasteiger partial charge in [-0.15, -0.1) is 0 Å². The molecule has 4 N–H and O–H groups in total. The van der Waals surface area contributed by atoms with E-state index in [0.29, 0.717) is 6.54 Å². The van der Waals surface area contributed by atoms with Crippen LogP contribution in [0.3, 0.4) is 0 Å². The van der Waals surface area contributed by atoms with E-state index in [1.807, 2.05) is 0 Å². The van der Waals surface area contributed by atoms with Gasteiger partial charge in [0.2, 0.25) is 0 Å². The molecule has 2 nitrogen and oxygen atoms in total. The van der Waals surface area contributed by atoms with Crippen LogP contribution in [0.2, 0.25) is 0 Å². The Hall–Kier alpha value is -2.94. The summed E-state index contributed by atoms with van der Waals surface area (Å²) in [6.07, 6.45) is 5.06. The van der Waals surface area contributed by atoms with Gasteiger partial charge in [0.1, 0.15) is 0 Å². The molecule has 2 heteroatoms. The van der Waals surface area contributed by atoms with Crippen molar-refractivity contribution in [2.45, 2.75) is 18.4 Å². The molecule has 0 bridgehead atoms. The monoisotopic (exact) mass is 366 g/mol. The topological polar surface area (TPSA) is 52.0 Å². The first-order valence-corrected chi connectivity index (χ1v) is 9.87. The number of nitrogens with two attached hydrogens (primary N) is 2. The van der Waals surface area contributed by atoms with E-state index in [1.165, 1.54) is 32.7 Å². The Morgan fingerprint density at radius 2 is 1.18 bits per heavy atom. The first-order valence-electron chi connectivity index (χ1n) is 9.87. The Kier molecular flexibility index (Phi) is 5.52. The van der Waals surface area contributed by atoms with E-state index in [4.69, 9.17) is 11.5 Å². The Balaban J connectivity index is 1.94. The van der Waals surface area contributed by atoms with Crippen LogP contribution in [-0.4, -0.2) is 12.6 Å². The zero-order valence-electron chi connectivity index (χ0n) is 16.0. The van der Waals surface area contributed by atoms with Gasteiger partial charge in [0, 0.05) is 12.0 Å². The quantitative estimate of drug-likeness (QED) is 0.452. The highest BCUT2D eigenvalue weighted by atomic mass is 14.6. The summed E-state index contributed by atoms with van der Waals surface area (Å²) >= 11 is 0. The lowest BCUT2D eigenvalue weighted by atomic mass is 9.81. The van der Waals surface area contributed by atoms with Gasteiger partial charge in [-0.3, -0.25) is 0 Å². The molecule has 140 valence electrons. The molecule has 0 radical (unpaired) electrons. The smallest absolute Gasteiger partial charge is 0.0335 e. The molecule has 1 unspecified atom stereocenters. The summed E-state index contributed by atoms with van der Waals surface area (Å²) < 4.78 is 0. The van der Waals surface area contributed by atoms with Crippen LogP contribution in [0, 0.1) is 0 Å². The molecule has 4 rings (SSSR count). The van der Waals surface area contributed by atoms with Crippen LogP contribution >= 0.6 is 0 Å². The van der Waals surface area contributed by atoms with Gasteiger partial charge in [-0.25, -0.2) is 0 Å². The van der Waals surface area contributed by atoms with Crippen molar-refractivity contribution in [3.05, 3.63) is 108 Å². The Labute approximate surface area is 166 Å². The standard InChI is InChI=1S/C26H26N2/c27-18-6-5-17-25(28)26(23-15-7-11-19-9-1-3-13-21(19)23)24-16-8-12-20-10-2-4-14-22(20)24/h1-5,7-17,25-26H,6,18,27-28H2/b17-5+. The number of hydrogen-bond donors (Lipinski definition) is 2. The third-order valence-electron chi connectivity index (χ3n) is 5.39. The zero-order chi connectivity index (χ0) is 19.3. The van der Waals surface area contributed by atoms with E-state index in [0.717, 1.165) is 6.42 Å². The Morgan fingerprint density at radius 3 is 1.71 bits per heavy atom. The summed E-state index contributed by atoms with van der Waals surface area (Å²) in [6.45, 7) is 0.635. The number of hydrogen-bond acceptors (Lipinski definition) is 2. The fourth-order valence-electron chi connectivity index (χ4n) is 4.09. The summed E-state index contributed by atoms with van der Waals surface area (Å²) in [5.41, 5.74) is 15.0. The molecule has 0 fully saturated rings. The second-order valence-electron chi connectivity index (χ2n) is 7.20. The van der Waals surface area contributed by atoms with E-state index in [1.54, 1.807) is 0 Å². The van der Waals surface area contributed by atoms with E-state index < -0.39 is 0 Å². The maximum absolute atomic E-state index is 6.78. The minimum atomic E-state index is -0.136. The van der Waals surface area contributed by atoms with Gasteiger partial charge < -0.3 is 11.5 Å². The van der Waals surface area contributed by atoms with Crippen LogP contribution in [0.15, 0.2) is 97.1 Å². The maximum Gasteiger partial charge on any atom is 0.0335 e. The minimum Gasteiger partial charge on any atom is -0.330 e. The van der Waals surface area contributed by atoms with Crippen molar-refractivity contribution in [1.29, 1.82) is 0 Å². The lowest BCUT2D eigenvalue weighted by molar-refractivity contribution is 0.706. The average Bonchev–Trinajstić information content (AvgIpc) is 2.74. The zero-order valence-corrected chi connectivity index (χ0v) is 16.0. The van der Waals surface area contributed by atoms with Crippen LogP contribution in [0.25, 0.3) is 21.5 Å². The van der Waals surface area contributed by atoms with Crippen LogP contribution < -0.4 is 11.5 Å². The highest BCUT2D eigenvalue weighted by Crippen LogP contribution is 2.36. The average molecular weight is 367 g/mol. The van der Waals surface area contributed by atoms with Gasteiger partial charge >= 0.3 is 0 Å². The predicted molar refractivity (Wildman–Crippen MR) is 121 cm³/mol. The first-order chi connectivity index (χ1) is 13.8. The van der Waals surface area contributed by atoms with Gasteiger partial charge in [0.05, 0.1) is 0 Å². The highest BCUT2D eigenvalue weighted by Gasteiger charge is 2.23. The van der Waals surface area contributed by atoms with Gasteiger partial charge in [0.25, 0.3) is 0 Å². The van der Waals surface area contributed by atoms with Crippen molar-refractivity contribution in [1.82, 2.24) is 0 Å². The molecular formula is C26H26N2. The Morgan fingerprint density at radius 1 is 0.679 bits per heavy atom. The number of fused-ring (bicyclic) bond motifs is 2. The maximum atomic E-state index is 6.78. The highest BCUT2D eigenvalue weighted by molar-refractivity contribution is 5.90. The molecule has 0 aliphatic carbocycles. The van der Waals surface area contributed by atoms with Gasteiger partial charge in [-0.1, -0.05) is 97.1 Å². The molecule has 0 aromatic heterocycles. The van der Waals surface area contributed by atoms with Crippen LogP contribution in [-0.2, 0) is 0 Å². The summed E-state index contributed by atoms with van der Waals surface area (Å²) in [7, 11) is 0. The molecular weight excluding hydrogens is 340 g/mol. The molecule has 1 atom stereocenters. The second kappa shape index (κ2) is 8.39. The fourth-order valence-corrected chi connectivity index (χ4v) is 4.09. The van der Waals surface area contributed by atoms with Gasteiger partial charge in [0.15, 0.2) is 0 Å². The third kappa shape index (κ3) is 3.57. The molecule has 0 saturated carbocycles. The van der Waals surface area contributed by atoms with E-state index in [2.05, 4.69) is 97.1 Å². The predicted octanol–water partition coefficient (Wildman–Crippen LogP) is 5.36. The summed E-state index contributed by atoms with van der Waals surface area (Å²) in [4.78, 5) is 0. The minimum absolute atomic E-state index is 0.0613. The van der Waals surface area contributed by atoms with Crippen LogP contribution in [0.1, 0.15) is 23.5 Å². The first kappa shape index (κ1) is 18.4. The van der Waals surface area contributed by atoms with Crippen LogP contribution in [0.4, 0.5) is 0 Å². The largest absolute Gasteiger partial charge is 0.330 e. The van der Waals surface area contributed by atoms with Crippen LogP contribution in [0.5, 0.6) is 0 Å². The summed E-state index contributed by atoms with van der Waals surface area (Å²) in [5.74, 6) is 0.0613. The third-order valence-corrected chi connectivity index (χ3v) is 5.39. The lowest BCUT2D eigenvalue weighted by Crippen LogP contribution is -2.27. The number of benzene rings is 4. The second-order valence-corrected chi connectivity index (χ2v) is 7.20. The molecule has 0 aliphatic heterocycles. The Bertz CT molecular complexity index is 1020. The van der Waals surface area contributed by atoms with E-state index in [-0.39, 0.29) is 12.0 Å². The van der Waals surface area contributed by atoms with Crippen molar-refractivity contribution in [3.8, 4) is 0 Å². The SMILES string of the molecule is NCC/C=C/C(N)C(c1cccc2ccccc12)c1cccc2ccccc12. The molecule has 0 heterocycles. The van der Waals surface area contributed by atoms with Crippen molar-refractivity contribution >= 4 is 21.5 Å². The molecule has 0 amide bonds. The van der Waals surface area contributed by atoms with Crippen molar-refractivity contribution in [3.63, 3.8) is 0 Å². The lowest BCUT2D eigenvalue weighted by Gasteiger charge is -2.26. The molecule has 0 spiro atoms. The molecule has 0 aliphatic rings. The fraction of sp³-hybridized carbons (Fsp3) is 0.154. The summed E-state index contributed by atoms with van der Waals surface area (Å²) in [5, 5.41) is 4.99. The summed E-state index contributed by atoms with van der Waals surface area (Å²) in [6, 6.07) is 30.0. The van der Waals surface area contributed by atoms with Gasteiger partial charge in [-0.05, 0) is 45.6 Å². The van der Waals surface area contributed by atoms with Crippen molar-refractivity contribution in [2.24, 2.45) is 11.5 Å². The van der Waals surface area contributed by atoms with Crippen molar-refractivity contribution in [2.75, 3.05) is 6.54 Å². The number of rotatable bonds is 6.